The lowest BCUT2D eigenvalue weighted by Gasteiger charge is -2.35. The zero-order chi connectivity index (χ0) is 24.2. The first-order chi connectivity index (χ1) is 16.4. The molecule has 2 amide bonds. The third-order valence-corrected chi connectivity index (χ3v) is 7.18. The number of nitrogens with zero attached hydrogens (tertiary/aromatic N) is 1. The van der Waals surface area contributed by atoms with E-state index in [0.29, 0.717) is 25.8 Å². The van der Waals surface area contributed by atoms with Crippen molar-refractivity contribution < 1.29 is 24.2 Å². The number of alkyl carbamates (subject to hydrolysis) is 1. The predicted octanol–water partition coefficient (Wildman–Crippen LogP) is 4.26. The lowest BCUT2D eigenvalue weighted by atomic mass is 9.94. The highest BCUT2D eigenvalue weighted by molar-refractivity contribution is 5.87. The summed E-state index contributed by atoms with van der Waals surface area (Å²) in [6, 6.07) is 15.5. The van der Waals surface area contributed by atoms with Gasteiger partial charge in [-0.2, -0.15) is 0 Å². The zero-order valence-electron chi connectivity index (χ0n) is 19.7. The number of likely N-dealkylation sites (tertiary alicyclic amines) is 1. The normalized spacial score (nSPS) is 19.0. The number of hydrogen-bond acceptors (Lipinski definition) is 4. The van der Waals surface area contributed by atoms with Gasteiger partial charge >= 0.3 is 12.1 Å². The van der Waals surface area contributed by atoms with Crippen LogP contribution >= 0.6 is 0 Å². The minimum Gasteiger partial charge on any atom is -0.481 e. The number of fused-ring (bicyclic) bond motifs is 3. The SMILES string of the molecule is CCC(C)[C@H](NC(=O)OCC1c2ccccc2-c2ccccc21)C(=O)N1CCC[C@@H](C(=O)O)C1. The molecule has 0 saturated carbocycles. The van der Waals surface area contributed by atoms with Crippen molar-refractivity contribution in [3.05, 3.63) is 59.7 Å². The maximum Gasteiger partial charge on any atom is 0.407 e. The van der Waals surface area contributed by atoms with Crippen LogP contribution in [0.5, 0.6) is 0 Å². The van der Waals surface area contributed by atoms with E-state index in [1.807, 2.05) is 38.1 Å². The van der Waals surface area contributed by atoms with Crippen molar-refractivity contribution in [1.82, 2.24) is 10.2 Å². The van der Waals surface area contributed by atoms with Gasteiger partial charge in [-0.15, -0.1) is 0 Å². The van der Waals surface area contributed by atoms with Gasteiger partial charge in [-0.1, -0.05) is 68.8 Å². The van der Waals surface area contributed by atoms with Gasteiger partial charge in [0.05, 0.1) is 5.92 Å². The molecule has 1 aliphatic carbocycles. The van der Waals surface area contributed by atoms with E-state index in [4.69, 9.17) is 4.74 Å². The van der Waals surface area contributed by atoms with E-state index in [-0.39, 0.29) is 30.9 Å². The Labute approximate surface area is 200 Å². The van der Waals surface area contributed by atoms with Crippen molar-refractivity contribution in [2.24, 2.45) is 11.8 Å². The molecule has 4 rings (SSSR count). The Morgan fingerprint density at radius 1 is 1.09 bits per heavy atom. The third kappa shape index (κ3) is 4.79. The van der Waals surface area contributed by atoms with E-state index in [0.717, 1.165) is 22.3 Å². The number of carboxylic acid groups (broad SMARTS) is 1. The number of carbonyl (C=O) groups is 3. The molecule has 1 saturated heterocycles. The van der Waals surface area contributed by atoms with E-state index >= 15 is 0 Å². The van der Waals surface area contributed by atoms with Crippen LogP contribution in [0, 0.1) is 11.8 Å². The van der Waals surface area contributed by atoms with Crippen LogP contribution in [-0.2, 0) is 14.3 Å². The van der Waals surface area contributed by atoms with Crippen LogP contribution in [0.4, 0.5) is 4.79 Å². The number of hydrogen-bond donors (Lipinski definition) is 2. The molecule has 1 unspecified atom stereocenters. The molecule has 7 nitrogen and oxygen atoms in total. The number of amides is 2. The number of rotatable bonds is 7. The molecule has 0 spiro atoms. The number of carboxylic acids is 1. The van der Waals surface area contributed by atoms with Crippen molar-refractivity contribution in [2.45, 2.75) is 45.1 Å². The third-order valence-electron chi connectivity index (χ3n) is 7.18. The van der Waals surface area contributed by atoms with Gasteiger partial charge < -0.3 is 20.1 Å². The standard InChI is InChI=1S/C27H32N2O5/c1-3-17(2)24(25(30)29-14-8-9-18(15-29)26(31)32)28-27(33)34-16-23-21-12-6-4-10-19(21)20-11-5-7-13-22(20)23/h4-7,10-13,17-18,23-24H,3,8-9,14-16H2,1-2H3,(H,28,33)(H,31,32)/t17?,18-,24+/m1/s1. The van der Waals surface area contributed by atoms with Gasteiger partial charge in [-0.25, -0.2) is 4.79 Å². The fourth-order valence-electron chi connectivity index (χ4n) is 5.03. The summed E-state index contributed by atoms with van der Waals surface area (Å²) in [7, 11) is 0. The Kier molecular flexibility index (Phi) is 7.20. The summed E-state index contributed by atoms with van der Waals surface area (Å²) in [6.45, 7) is 4.72. The minimum absolute atomic E-state index is 0.0608. The van der Waals surface area contributed by atoms with Crippen molar-refractivity contribution in [3.8, 4) is 11.1 Å². The zero-order valence-corrected chi connectivity index (χ0v) is 19.7. The lowest BCUT2D eigenvalue weighted by Crippen LogP contribution is -2.54. The van der Waals surface area contributed by atoms with Crippen molar-refractivity contribution in [1.29, 1.82) is 0 Å². The van der Waals surface area contributed by atoms with Crippen LogP contribution in [0.25, 0.3) is 11.1 Å². The lowest BCUT2D eigenvalue weighted by molar-refractivity contribution is -0.146. The van der Waals surface area contributed by atoms with E-state index < -0.39 is 24.0 Å². The minimum atomic E-state index is -0.887. The van der Waals surface area contributed by atoms with Gasteiger partial charge in [-0.3, -0.25) is 9.59 Å². The number of aliphatic carboxylic acids is 1. The quantitative estimate of drug-likeness (QED) is 0.638. The highest BCUT2D eigenvalue weighted by atomic mass is 16.5. The van der Waals surface area contributed by atoms with Crippen molar-refractivity contribution >= 4 is 18.0 Å². The molecule has 1 aliphatic heterocycles. The molecule has 2 aliphatic rings. The molecule has 2 aromatic rings. The monoisotopic (exact) mass is 464 g/mol. The maximum absolute atomic E-state index is 13.3. The van der Waals surface area contributed by atoms with Crippen LogP contribution in [0.2, 0.25) is 0 Å². The summed E-state index contributed by atoms with van der Waals surface area (Å²) in [6.07, 6.45) is 1.26. The second-order valence-electron chi connectivity index (χ2n) is 9.29. The van der Waals surface area contributed by atoms with Gasteiger partial charge in [0.15, 0.2) is 0 Å². The molecule has 0 aromatic heterocycles. The summed E-state index contributed by atoms with van der Waals surface area (Å²) >= 11 is 0. The molecular weight excluding hydrogens is 432 g/mol. The average molecular weight is 465 g/mol. The van der Waals surface area contributed by atoms with Crippen LogP contribution in [0.1, 0.15) is 50.2 Å². The summed E-state index contributed by atoms with van der Waals surface area (Å²) in [5, 5.41) is 12.1. The van der Waals surface area contributed by atoms with Gasteiger partial charge in [0.25, 0.3) is 0 Å². The second kappa shape index (κ2) is 10.3. The molecule has 34 heavy (non-hydrogen) atoms. The number of ether oxygens (including phenoxy) is 1. The first kappa shape index (κ1) is 23.8. The number of nitrogens with one attached hydrogen (secondary N) is 1. The molecule has 0 radical (unpaired) electrons. The first-order valence-electron chi connectivity index (χ1n) is 12.0. The first-order valence-corrected chi connectivity index (χ1v) is 12.0. The molecule has 1 fully saturated rings. The Bertz CT molecular complexity index is 1020. The molecule has 2 N–H and O–H groups in total. The fraction of sp³-hybridized carbons (Fsp3) is 0.444. The van der Waals surface area contributed by atoms with Crippen molar-refractivity contribution in [3.63, 3.8) is 0 Å². The fourth-order valence-corrected chi connectivity index (χ4v) is 5.03. The van der Waals surface area contributed by atoms with Crippen LogP contribution in [0.3, 0.4) is 0 Å². The highest BCUT2D eigenvalue weighted by Crippen LogP contribution is 2.44. The maximum atomic E-state index is 13.3. The van der Waals surface area contributed by atoms with Crippen molar-refractivity contribution in [2.75, 3.05) is 19.7 Å². The van der Waals surface area contributed by atoms with E-state index in [1.54, 1.807) is 4.90 Å². The highest BCUT2D eigenvalue weighted by Gasteiger charge is 2.35. The van der Waals surface area contributed by atoms with E-state index in [2.05, 4.69) is 29.6 Å². The second-order valence-corrected chi connectivity index (χ2v) is 9.29. The Hall–Kier alpha value is -3.35. The number of piperidine rings is 1. The summed E-state index contributed by atoms with van der Waals surface area (Å²) in [5.74, 6) is -1.87. The smallest absolute Gasteiger partial charge is 0.407 e. The largest absolute Gasteiger partial charge is 0.481 e. The Morgan fingerprint density at radius 2 is 1.71 bits per heavy atom. The molecule has 3 atom stereocenters. The Balaban J connectivity index is 1.43. The van der Waals surface area contributed by atoms with Crippen LogP contribution in [-0.4, -0.2) is 53.7 Å². The average Bonchev–Trinajstić information content (AvgIpc) is 3.19. The van der Waals surface area contributed by atoms with Crippen LogP contribution in [0.15, 0.2) is 48.5 Å². The molecule has 0 bridgehead atoms. The number of benzene rings is 2. The van der Waals surface area contributed by atoms with Gasteiger partial charge in [-0.05, 0) is 41.0 Å². The molecule has 1 heterocycles. The van der Waals surface area contributed by atoms with Gasteiger partial charge in [0.1, 0.15) is 12.6 Å². The Morgan fingerprint density at radius 3 is 2.29 bits per heavy atom. The topological polar surface area (TPSA) is 95.9 Å². The number of carbonyl (C=O) groups excluding carboxylic acids is 2. The predicted molar refractivity (Wildman–Crippen MR) is 128 cm³/mol. The summed E-state index contributed by atoms with van der Waals surface area (Å²) < 4.78 is 5.65. The van der Waals surface area contributed by atoms with Crippen LogP contribution < -0.4 is 5.32 Å². The van der Waals surface area contributed by atoms with E-state index in [9.17, 15) is 19.5 Å². The van der Waals surface area contributed by atoms with Gasteiger partial charge in [0, 0.05) is 19.0 Å². The molecule has 7 heteroatoms. The summed E-state index contributed by atoms with van der Waals surface area (Å²) in [4.78, 5) is 39.1. The molecular formula is C27H32N2O5. The molecule has 180 valence electrons. The van der Waals surface area contributed by atoms with Gasteiger partial charge in [0.2, 0.25) is 5.91 Å². The van der Waals surface area contributed by atoms with E-state index in [1.165, 1.54) is 0 Å². The molecule has 2 aromatic carbocycles. The summed E-state index contributed by atoms with van der Waals surface area (Å²) in [5.41, 5.74) is 4.55.